The van der Waals surface area contributed by atoms with E-state index >= 15 is 0 Å². The summed E-state index contributed by atoms with van der Waals surface area (Å²) in [4.78, 5) is 14.8. The zero-order chi connectivity index (χ0) is 15.5. The molecule has 120 valence electrons. The molecule has 0 aromatic heterocycles. The molecule has 1 heterocycles. The Morgan fingerprint density at radius 2 is 2.05 bits per heavy atom. The fourth-order valence-electron chi connectivity index (χ4n) is 4.03. The van der Waals surface area contributed by atoms with E-state index in [2.05, 4.69) is 13.0 Å². The van der Waals surface area contributed by atoms with Gasteiger partial charge in [0.15, 0.2) is 0 Å². The zero-order valence-corrected chi connectivity index (χ0v) is 13.9. The lowest BCUT2D eigenvalue weighted by Gasteiger charge is -2.32. The molecule has 1 saturated carbocycles. The summed E-state index contributed by atoms with van der Waals surface area (Å²) >= 11 is 0. The monoisotopic (exact) mass is 301 g/mol. The number of benzene rings is 1. The maximum Gasteiger partial charge on any atom is 0.227 e. The summed E-state index contributed by atoms with van der Waals surface area (Å²) in [6, 6.07) is 4.10. The molecule has 1 aromatic carbocycles. The molecular weight excluding hydrogens is 274 g/mol. The molecule has 2 aliphatic rings. The highest BCUT2D eigenvalue weighted by molar-refractivity contribution is 5.96. The molecule has 3 nitrogen and oxygen atoms in total. The van der Waals surface area contributed by atoms with E-state index in [1.54, 1.807) is 7.11 Å². The molecule has 0 bridgehead atoms. The average molecular weight is 301 g/mol. The van der Waals surface area contributed by atoms with E-state index in [0.29, 0.717) is 6.42 Å². The van der Waals surface area contributed by atoms with E-state index in [1.165, 1.54) is 36.8 Å². The number of nitrogens with zero attached hydrogens (tertiary/aromatic N) is 1. The molecule has 3 heteroatoms. The van der Waals surface area contributed by atoms with Crippen molar-refractivity contribution >= 4 is 11.6 Å². The van der Waals surface area contributed by atoms with Crippen molar-refractivity contribution in [3.8, 4) is 5.75 Å². The van der Waals surface area contributed by atoms with Gasteiger partial charge in [-0.2, -0.15) is 0 Å². The largest absolute Gasteiger partial charge is 0.495 e. The van der Waals surface area contributed by atoms with Gasteiger partial charge in [-0.1, -0.05) is 31.7 Å². The number of methoxy groups -OCH3 is 1. The van der Waals surface area contributed by atoms with Gasteiger partial charge in [0.25, 0.3) is 0 Å². The van der Waals surface area contributed by atoms with Gasteiger partial charge < -0.3 is 9.64 Å². The van der Waals surface area contributed by atoms with Crippen LogP contribution in [-0.4, -0.2) is 19.6 Å². The summed E-state index contributed by atoms with van der Waals surface area (Å²) in [7, 11) is 1.70. The molecule has 0 spiro atoms. The number of hydrogen-bond acceptors (Lipinski definition) is 2. The molecule has 0 atom stereocenters. The van der Waals surface area contributed by atoms with Gasteiger partial charge in [0.1, 0.15) is 5.75 Å². The van der Waals surface area contributed by atoms with Crippen LogP contribution in [0.4, 0.5) is 5.69 Å². The number of amides is 1. The van der Waals surface area contributed by atoms with E-state index in [-0.39, 0.29) is 5.91 Å². The van der Waals surface area contributed by atoms with Crippen molar-refractivity contribution in [2.75, 3.05) is 18.6 Å². The van der Waals surface area contributed by atoms with E-state index < -0.39 is 0 Å². The lowest BCUT2D eigenvalue weighted by atomic mass is 9.95. The fraction of sp³-hybridized carbons (Fsp3) is 0.632. The SMILES string of the molecule is COc1ccc(C)c2c1N(C(=O)CCC1CCCC1)CCC2. The Hall–Kier alpha value is -1.51. The predicted molar refractivity (Wildman–Crippen MR) is 89.6 cm³/mol. The predicted octanol–water partition coefficient (Wildman–Crippen LogP) is 4.25. The first-order valence-electron chi connectivity index (χ1n) is 8.67. The van der Waals surface area contributed by atoms with Gasteiger partial charge >= 0.3 is 0 Å². The first-order chi connectivity index (χ1) is 10.7. The minimum Gasteiger partial charge on any atom is -0.495 e. The molecule has 1 aromatic rings. The second kappa shape index (κ2) is 6.72. The zero-order valence-electron chi connectivity index (χ0n) is 13.9. The molecule has 0 radical (unpaired) electrons. The van der Waals surface area contributed by atoms with Crippen molar-refractivity contribution in [1.82, 2.24) is 0 Å². The first kappa shape index (κ1) is 15.4. The maximum atomic E-state index is 12.8. The Morgan fingerprint density at radius 3 is 2.77 bits per heavy atom. The molecule has 0 N–H and O–H groups in total. The van der Waals surface area contributed by atoms with Crippen LogP contribution in [0.15, 0.2) is 12.1 Å². The summed E-state index contributed by atoms with van der Waals surface area (Å²) in [5.41, 5.74) is 3.59. The number of carbonyl (C=O) groups excluding carboxylic acids is 1. The Kier molecular flexibility index (Phi) is 4.70. The number of ether oxygens (including phenoxy) is 1. The average Bonchev–Trinajstić information content (AvgIpc) is 3.06. The van der Waals surface area contributed by atoms with E-state index in [9.17, 15) is 4.79 Å². The Morgan fingerprint density at radius 1 is 1.27 bits per heavy atom. The van der Waals surface area contributed by atoms with Gasteiger partial charge in [-0.25, -0.2) is 0 Å². The molecule has 0 unspecified atom stereocenters. The molecule has 22 heavy (non-hydrogen) atoms. The fourth-order valence-corrected chi connectivity index (χ4v) is 4.03. The van der Waals surface area contributed by atoms with Crippen LogP contribution in [0.3, 0.4) is 0 Å². The van der Waals surface area contributed by atoms with Crippen LogP contribution in [0.1, 0.15) is 56.1 Å². The van der Waals surface area contributed by atoms with Crippen molar-refractivity contribution in [1.29, 1.82) is 0 Å². The Labute approximate surface area is 133 Å². The second-order valence-electron chi connectivity index (χ2n) is 6.75. The van der Waals surface area contributed by atoms with E-state index in [4.69, 9.17) is 4.74 Å². The summed E-state index contributed by atoms with van der Waals surface area (Å²) in [6.45, 7) is 2.96. The second-order valence-corrected chi connectivity index (χ2v) is 6.75. The van der Waals surface area contributed by atoms with Gasteiger partial charge in [0.05, 0.1) is 12.8 Å². The third kappa shape index (κ3) is 2.99. The Balaban J connectivity index is 1.78. The van der Waals surface area contributed by atoms with Crippen molar-refractivity contribution < 1.29 is 9.53 Å². The highest BCUT2D eigenvalue weighted by Crippen LogP contribution is 2.39. The minimum absolute atomic E-state index is 0.275. The first-order valence-corrected chi connectivity index (χ1v) is 8.67. The van der Waals surface area contributed by atoms with Crippen LogP contribution in [-0.2, 0) is 11.2 Å². The summed E-state index contributed by atoms with van der Waals surface area (Å²) in [5, 5.41) is 0. The smallest absolute Gasteiger partial charge is 0.227 e. The minimum atomic E-state index is 0.275. The summed E-state index contributed by atoms with van der Waals surface area (Å²) in [6.07, 6.45) is 9.15. The standard InChI is InChI=1S/C19H27NO2/c1-14-9-11-17(22-2)19-16(14)8-5-13-20(19)18(21)12-10-15-6-3-4-7-15/h9,11,15H,3-8,10,12-13H2,1-2H3. The number of aryl methyl sites for hydroxylation is 1. The number of rotatable bonds is 4. The molecular formula is C19H27NO2. The van der Waals surface area contributed by atoms with Gasteiger partial charge in [0.2, 0.25) is 5.91 Å². The highest BCUT2D eigenvalue weighted by atomic mass is 16.5. The van der Waals surface area contributed by atoms with Crippen LogP contribution in [0, 0.1) is 12.8 Å². The lowest BCUT2D eigenvalue weighted by Crippen LogP contribution is -2.36. The quantitative estimate of drug-likeness (QED) is 0.832. The molecule has 1 aliphatic carbocycles. The third-order valence-electron chi connectivity index (χ3n) is 5.32. The number of hydrogen-bond donors (Lipinski definition) is 0. The molecule has 0 saturated heterocycles. The van der Waals surface area contributed by atoms with Crippen LogP contribution in [0.25, 0.3) is 0 Å². The lowest BCUT2D eigenvalue weighted by molar-refractivity contribution is -0.119. The topological polar surface area (TPSA) is 29.5 Å². The van der Waals surface area contributed by atoms with Crippen molar-refractivity contribution in [2.24, 2.45) is 5.92 Å². The summed E-state index contributed by atoms with van der Waals surface area (Å²) in [5.74, 6) is 1.89. The molecule has 1 fully saturated rings. The third-order valence-corrected chi connectivity index (χ3v) is 5.32. The van der Waals surface area contributed by atoms with Crippen molar-refractivity contribution in [3.63, 3.8) is 0 Å². The molecule has 1 aliphatic heterocycles. The number of carbonyl (C=O) groups is 1. The normalized spacial score (nSPS) is 18.4. The van der Waals surface area contributed by atoms with E-state index in [1.807, 2.05) is 11.0 Å². The number of fused-ring (bicyclic) bond motifs is 1. The van der Waals surface area contributed by atoms with Gasteiger partial charge in [-0.15, -0.1) is 0 Å². The Bertz CT molecular complexity index is 547. The van der Waals surface area contributed by atoms with Gasteiger partial charge in [-0.05, 0) is 49.3 Å². The maximum absolute atomic E-state index is 12.8. The molecule has 1 amide bonds. The van der Waals surface area contributed by atoms with Crippen LogP contribution < -0.4 is 9.64 Å². The summed E-state index contributed by atoms with van der Waals surface area (Å²) < 4.78 is 5.53. The van der Waals surface area contributed by atoms with Crippen molar-refractivity contribution in [3.05, 3.63) is 23.3 Å². The van der Waals surface area contributed by atoms with Crippen LogP contribution in [0.2, 0.25) is 0 Å². The van der Waals surface area contributed by atoms with Gasteiger partial charge in [0, 0.05) is 13.0 Å². The van der Waals surface area contributed by atoms with Crippen LogP contribution in [0.5, 0.6) is 5.75 Å². The van der Waals surface area contributed by atoms with Gasteiger partial charge in [-0.3, -0.25) is 4.79 Å². The number of anilines is 1. The van der Waals surface area contributed by atoms with Crippen LogP contribution >= 0.6 is 0 Å². The van der Waals surface area contributed by atoms with Crippen molar-refractivity contribution in [2.45, 2.75) is 58.3 Å². The highest BCUT2D eigenvalue weighted by Gasteiger charge is 2.27. The molecule has 3 rings (SSSR count). The van der Waals surface area contributed by atoms with E-state index in [0.717, 1.165) is 43.2 Å².